The first-order valence-electron chi connectivity index (χ1n) is 20.8. The van der Waals surface area contributed by atoms with Crippen molar-refractivity contribution in [2.45, 2.75) is 37.9 Å². The first kappa shape index (κ1) is 51.1. The molecule has 0 radical (unpaired) electrons. The zero-order valence-corrected chi connectivity index (χ0v) is 36.8. The number of nitrogens with zero attached hydrogens (tertiary/aromatic N) is 5. The van der Waals surface area contributed by atoms with E-state index in [0.717, 1.165) is 11.6 Å². The normalized spacial score (nSPS) is 11.5. The number of benzene rings is 4. The molecule has 0 aliphatic heterocycles. The molecule has 15 nitrogen and oxygen atoms in total. The van der Waals surface area contributed by atoms with Crippen LogP contribution in [0.2, 0.25) is 0 Å². The maximum Gasteiger partial charge on any atom is 0.333 e. The second kappa shape index (κ2) is 24.1. The predicted molar refractivity (Wildman–Crippen MR) is 249 cm³/mol. The lowest BCUT2D eigenvalue weighted by molar-refractivity contribution is -0.137. The number of carbonyl (C=O) groups excluding carboxylic acids is 6. The fourth-order valence-corrected chi connectivity index (χ4v) is 6.77. The number of halogens is 4. The van der Waals surface area contributed by atoms with Crippen molar-refractivity contribution in [3.05, 3.63) is 187 Å². The van der Waals surface area contributed by atoms with Gasteiger partial charge in [-0.15, -0.1) is 0 Å². The number of aromatic nitrogens is 5. The Bertz CT molecular complexity index is 2970. The zero-order chi connectivity index (χ0) is 50.2. The Kier molecular flexibility index (Phi) is 17.8. The van der Waals surface area contributed by atoms with Crippen molar-refractivity contribution in [2.24, 2.45) is 18.5 Å². The summed E-state index contributed by atoms with van der Waals surface area (Å²) in [4.78, 5) is 78.1. The molecule has 2 unspecified atom stereocenters. The van der Waals surface area contributed by atoms with Gasteiger partial charge in [-0.25, -0.2) is 13.5 Å². The van der Waals surface area contributed by atoms with Crippen molar-refractivity contribution in [2.75, 3.05) is 0 Å². The van der Waals surface area contributed by atoms with Crippen molar-refractivity contribution in [3.63, 3.8) is 0 Å². The zero-order valence-electron chi connectivity index (χ0n) is 36.8. The van der Waals surface area contributed by atoms with Gasteiger partial charge < -0.3 is 22.1 Å². The van der Waals surface area contributed by atoms with Crippen LogP contribution in [0.1, 0.15) is 50.4 Å². The van der Waals surface area contributed by atoms with Gasteiger partial charge in [-0.05, 0) is 23.3 Å². The van der Waals surface area contributed by atoms with Gasteiger partial charge in [0.25, 0.3) is 30.1 Å². The topological polar surface area (TPSA) is 227 Å². The Balaban J connectivity index is 0.000000240. The smallest absolute Gasteiger partial charge is 0.333 e. The third-order valence-corrected chi connectivity index (χ3v) is 10.0. The fraction of sp³-hybridized carbons (Fsp3) is 0.140. The molecule has 0 saturated carbocycles. The Hall–Kier alpha value is -8.87. The molecule has 6 N–H and O–H groups in total. The van der Waals surface area contributed by atoms with E-state index in [2.05, 4.69) is 39.0 Å². The number of amides is 4. The van der Waals surface area contributed by atoms with Crippen LogP contribution in [0.15, 0.2) is 159 Å². The highest BCUT2D eigenvalue weighted by Crippen LogP contribution is 2.32. The maximum atomic E-state index is 13.5. The number of alkyl halides is 4. The highest BCUT2D eigenvalue weighted by Gasteiger charge is 2.30. The minimum atomic E-state index is -2.99. The molecular weight excluding hydrogens is 899 g/mol. The number of nitrogens with one attached hydrogen (secondary N) is 2. The molecule has 3 heterocycles. The number of nitrogens with two attached hydrogens (primary N) is 2. The third kappa shape index (κ3) is 13.6. The number of primary amides is 2. The van der Waals surface area contributed by atoms with Gasteiger partial charge in [-0.2, -0.15) is 19.0 Å². The number of ketones is 2. The Morgan fingerprint density at radius 3 is 1.68 bits per heavy atom. The van der Waals surface area contributed by atoms with Gasteiger partial charge in [0.15, 0.2) is 0 Å². The minimum Gasteiger partial charge on any atom is -0.363 e. The second-order valence-electron chi connectivity index (χ2n) is 14.9. The molecule has 0 spiro atoms. The number of allylic oxidation sites excluding steroid dienone is 2. The van der Waals surface area contributed by atoms with Crippen LogP contribution in [0.4, 0.5) is 17.6 Å². The van der Waals surface area contributed by atoms with E-state index in [1.165, 1.54) is 29.1 Å². The van der Waals surface area contributed by atoms with Crippen LogP contribution in [0, 0.1) is 0 Å². The fourth-order valence-electron chi connectivity index (χ4n) is 6.77. The highest BCUT2D eigenvalue weighted by atomic mass is 19.3. The molecule has 354 valence electrons. The molecule has 0 fully saturated rings. The predicted octanol–water partition coefficient (Wildman–Crippen LogP) is 6.67. The van der Waals surface area contributed by atoms with Crippen LogP contribution in [0.25, 0.3) is 33.4 Å². The number of Topliss-reactive ketones (excluding diaryl/α,β-unsaturated/α-hetero) is 2. The lowest BCUT2D eigenvalue weighted by Gasteiger charge is -2.16. The molecule has 19 heteroatoms. The van der Waals surface area contributed by atoms with Crippen LogP contribution < -0.4 is 22.1 Å². The van der Waals surface area contributed by atoms with E-state index in [1.54, 1.807) is 116 Å². The van der Waals surface area contributed by atoms with Gasteiger partial charge in [0, 0.05) is 60.6 Å². The van der Waals surface area contributed by atoms with Crippen molar-refractivity contribution in [3.8, 4) is 22.5 Å². The summed E-state index contributed by atoms with van der Waals surface area (Å²) in [7, 11) is 1.54. The van der Waals surface area contributed by atoms with Crippen molar-refractivity contribution >= 4 is 46.1 Å². The van der Waals surface area contributed by atoms with Gasteiger partial charge in [0.1, 0.15) is 23.5 Å². The van der Waals surface area contributed by atoms with E-state index in [9.17, 15) is 46.3 Å². The number of aryl methyl sites for hydroxylation is 1. The van der Waals surface area contributed by atoms with E-state index in [1.807, 2.05) is 6.07 Å². The van der Waals surface area contributed by atoms with Crippen LogP contribution >= 0.6 is 0 Å². The molecular formula is C50H45F4N9O6. The van der Waals surface area contributed by atoms with Gasteiger partial charge in [0.05, 0.1) is 16.6 Å². The first-order chi connectivity index (χ1) is 33.0. The Labute approximate surface area is 392 Å². The SMILES string of the molecule is C=CC=C.Cn1cc(C(=O)NC(Cc2ccccc2)C(=O)C(N)=O)c(-c2ccccc2C(F)F)n1.NC(=O)C(=O)C(Cc1ccccc1)NC(=O)c1cn(C(F)F)nc1-c1ccc2cccnc2c1. The molecule has 3 aromatic heterocycles. The number of hydrogen-bond acceptors (Lipinski definition) is 9. The van der Waals surface area contributed by atoms with Crippen molar-refractivity contribution in [1.29, 1.82) is 0 Å². The number of hydrogen-bond donors (Lipinski definition) is 4. The van der Waals surface area contributed by atoms with Crippen LogP contribution in [0.5, 0.6) is 0 Å². The average Bonchev–Trinajstić information content (AvgIpc) is 3.99. The maximum absolute atomic E-state index is 13.5. The van der Waals surface area contributed by atoms with E-state index in [4.69, 9.17) is 11.5 Å². The molecule has 69 heavy (non-hydrogen) atoms. The lowest BCUT2D eigenvalue weighted by Crippen LogP contribution is -2.47. The summed E-state index contributed by atoms with van der Waals surface area (Å²) in [5.74, 6) is -5.95. The van der Waals surface area contributed by atoms with E-state index in [-0.39, 0.29) is 46.5 Å². The summed E-state index contributed by atoms with van der Waals surface area (Å²) in [6, 6.07) is 29.3. The number of rotatable bonds is 17. The Morgan fingerprint density at radius 2 is 1.17 bits per heavy atom. The third-order valence-electron chi connectivity index (χ3n) is 10.0. The van der Waals surface area contributed by atoms with Crippen molar-refractivity contribution < 1.29 is 46.3 Å². The van der Waals surface area contributed by atoms with Gasteiger partial charge in [-0.3, -0.25) is 38.4 Å². The molecule has 0 saturated heterocycles. The van der Waals surface area contributed by atoms with Gasteiger partial charge in [0.2, 0.25) is 11.6 Å². The summed E-state index contributed by atoms with van der Waals surface area (Å²) in [5.41, 5.74) is 12.3. The molecule has 0 bridgehead atoms. The summed E-state index contributed by atoms with van der Waals surface area (Å²) in [6.45, 7) is 3.73. The quantitative estimate of drug-likeness (QED) is 0.0434. The molecule has 2 atom stereocenters. The number of pyridine rings is 1. The molecule has 7 aromatic rings. The van der Waals surface area contributed by atoms with Crippen LogP contribution in [0.3, 0.4) is 0 Å². The van der Waals surface area contributed by atoms with E-state index >= 15 is 0 Å². The average molecular weight is 944 g/mol. The van der Waals surface area contributed by atoms with Gasteiger partial charge >= 0.3 is 6.55 Å². The number of fused-ring (bicyclic) bond motifs is 1. The number of carbonyl (C=O) groups is 6. The molecule has 0 aliphatic carbocycles. The Morgan fingerprint density at radius 1 is 0.652 bits per heavy atom. The minimum absolute atomic E-state index is 0.00738. The van der Waals surface area contributed by atoms with Gasteiger partial charge in [-0.1, -0.05) is 128 Å². The highest BCUT2D eigenvalue weighted by molar-refractivity contribution is 6.38. The standard InChI is InChI=1S/C24H19F2N5O3.C22H20F2N4O3.C4H6/c25-24(26)31-13-17(20(30-31)16-9-8-15-7-4-10-28-18(15)12-16)23(34)29-19(21(32)22(27)33)11-14-5-2-1-3-6-14;1-28-12-16(18(27-28)14-9-5-6-10-15(14)20(23)24)22(31)26-17(19(29)21(25)30)11-13-7-3-2-4-8-13;1-3-4-2/h1-10,12-13,19,24H,11H2,(H2,27,33)(H,29,34);2-10,12,17,20H,11H2,1H3,(H2,25,30)(H,26,31);3-4H,1-2H2. The largest absolute Gasteiger partial charge is 0.363 e. The molecule has 7 rings (SSSR count). The second-order valence-corrected chi connectivity index (χ2v) is 14.9. The molecule has 4 aromatic carbocycles. The summed E-state index contributed by atoms with van der Waals surface area (Å²) < 4.78 is 55.4. The van der Waals surface area contributed by atoms with E-state index < -0.39 is 60.3 Å². The monoisotopic (exact) mass is 943 g/mol. The van der Waals surface area contributed by atoms with Crippen LogP contribution in [-0.4, -0.2) is 71.8 Å². The lowest BCUT2D eigenvalue weighted by atomic mass is 9.99. The molecule has 0 aliphatic rings. The molecule has 4 amide bonds. The summed E-state index contributed by atoms with van der Waals surface area (Å²) >= 11 is 0. The first-order valence-corrected chi connectivity index (χ1v) is 20.8. The summed E-state index contributed by atoms with van der Waals surface area (Å²) in [5, 5.41) is 13.8. The summed E-state index contributed by atoms with van der Waals surface area (Å²) in [6.07, 6.45) is 4.38. The van der Waals surface area contributed by atoms with Crippen molar-refractivity contribution in [1.82, 2.24) is 35.2 Å². The van der Waals surface area contributed by atoms with E-state index in [0.29, 0.717) is 26.9 Å². The van der Waals surface area contributed by atoms with Crippen LogP contribution in [-0.2, 0) is 39.1 Å².